The number of amides is 1. The van der Waals surface area contributed by atoms with Gasteiger partial charge in [0.1, 0.15) is 12.4 Å². The average molecular weight is 484 g/mol. The fraction of sp³-hybridized carbons (Fsp3) is 0.160. The molecule has 0 saturated heterocycles. The van der Waals surface area contributed by atoms with Gasteiger partial charge in [0, 0.05) is 36.2 Å². The number of carbonyl (C=O) groups excluding carboxylic acids is 2. The zero-order chi connectivity index (χ0) is 25.2. The van der Waals surface area contributed by atoms with Crippen LogP contribution in [0.3, 0.4) is 0 Å². The van der Waals surface area contributed by atoms with Crippen LogP contribution < -0.4 is 19.5 Å². The second-order valence-electron chi connectivity index (χ2n) is 6.96. The minimum Gasteiger partial charge on any atom is -0.493 e. The Kier molecular flexibility index (Phi) is 8.71. The Bertz CT molecular complexity index is 1180. The van der Waals surface area contributed by atoms with Crippen LogP contribution in [0, 0.1) is 0 Å². The molecule has 35 heavy (non-hydrogen) atoms. The van der Waals surface area contributed by atoms with Crippen molar-refractivity contribution in [2.75, 3.05) is 19.5 Å². The Hall–Kier alpha value is -4.47. The molecule has 1 aromatic heterocycles. The van der Waals surface area contributed by atoms with Gasteiger partial charge in [0.25, 0.3) is 0 Å². The lowest BCUT2D eigenvalue weighted by atomic mass is 10.1. The number of carbonyl (C=O) groups is 2. The summed E-state index contributed by atoms with van der Waals surface area (Å²) in [5, 5.41) is 2.47. The molecule has 3 rings (SSSR count). The van der Waals surface area contributed by atoms with Gasteiger partial charge in [0.2, 0.25) is 5.91 Å². The van der Waals surface area contributed by atoms with Gasteiger partial charge in [-0.2, -0.15) is 8.78 Å². The van der Waals surface area contributed by atoms with E-state index in [1.807, 2.05) is 12.1 Å². The number of methoxy groups -OCH3 is 2. The number of aromatic nitrogens is 1. The third-order valence-corrected chi connectivity index (χ3v) is 4.62. The molecule has 0 bridgehead atoms. The second kappa shape index (κ2) is 12.1. The molecule has 0 atom stereocenters. The Labute approximate surface area is 200 Å². The minimum atomic E-state index is -3.13. The van der Waals surface area contributed by atoms with Crippen LogP contribution in [-0.4, -0.2) is 37.7 Å². The Morgan fingerprint density at radius 2 is 1.86 bits per heavy atom. The summed E-state index contributed by atoms with van der Waals surface area (Å²) in [5.41, 5.74) is 1.46. The van der Waals surface area contributed by atoms with Gasteiger partial charge >= 0.3 is 12.6 Å². The molecule has 0 saturated carbocycles. The second-order valence-corrected chi connectivity index (χ2v) is 6.96. The number of halogens is 2. The van der Waals surface area contributed by atoms with Crippen LogP contribution in [0.25, 0.3) is 6.08 Å². The Morgan fingerprint density at radius 1 is 1.09 bits per heavy atom. The molecule has 1 amide bonds. The van der Waals surface area contributed by atoms with E-state index in [2.05, 4.69) is 15.0 Å². The molecule has 0 aliphatic rings. The van der Waals surface area contributed by atoms with Gasteiger partial charge in [0.05, 0.1) is 25.5 Å². The highest BCUT2D eigenvalue weighted by molar-refractivity contribution is 6.07. The molecular weight excluding hydrogens is 462 g/mol. The summed E-state index contributed by atoms with van der Waals surface area (Å²) >= 11 is 0. The van der Waals surface area contributed by atoms with Crippen molar-refractivity contribution in [3.05, 3.63) is 83.7 Å². The molecule has 1 N–H and O–H groups in total. The van der Waals surface area contributed by atoms with Crippen molar-refractivity contribution in [3.63, 3.8) is 0 Å². The number of rotatable bonds is 10. The van der Waals surface area contributed by atoms with E-state index in [1.54, 1.807) is 36.7 Å². The van der Waals surface area contributed by atoms with Gasteiger partial charge in [-0.05, 0) is 29.8 Å². The number of benzene rings is 2. The number of hydrogen-bond acceptors (Lipinski definition) is 7. The quantitative estimate of drug-likeness (QED) is 0.329. The van der Waals surface area contributed by atoms with Crippen LogP contribution in [0.4, 0.5) is 14.5 Å². The van der Waals surface area contributed by atoms with E-state index in [9.17, 15) is 18.4 Å². The summed E-state index contributed by atoms with van der Waals surface area (Å²) in [6, 6.07) is 12.9. The van der Waals surface area contributed by atoms with E-state index >= 15 is 0 Å². The maximum absolute atomic E-state index is 12.7. The molecule has 0 fully saturated rings. The zero-order valence-electron chi connectivity index (χ0n) is 18.9. The first-order valence-corrected chi connectivity index (χ1v) is 10.3. The highest BCUT2D eigenvalue weighted by Crippen LogP contribution is 2.35. The van der Waals surface area contributed by atoms with Gasteiger partial charge in [0.15, 0.2) is 11.5 Å². The molecule has 10 heteroatoms. The molecule has 182 valence electrons. The Morgan fingerprint density at radius 3 is 2.49 bits per heavy atom. The summed E-state index contributed by atoms with van der Waals surface area (Å²) in [6.07, 6.45) is 6.16. The van der Waals surface area contributed by atoms with E-state index in [0.717, 1.165) is 24.8 Å². The third kappa shape index (κ3) is 7.26. The van der Waals surface area contributed by atoms with Crippen molar-refractivity contribution < 1.29 is 37.3 Å². The molecular formula is C25H22F2N2O6. The van der Waals surface area contributed by atoms with Crippen LogP contribution in [0.15, 0.2) is 67.0 Å². The van der Waals surface area contributed by atoms with Crippen LogP contribution in [-0.2, 0) is 16.1 Å². The Balaban J connectivity index is 1.69. The summed E-state index contributed by atoms with van der Waals surface area (Å²) in [6.45, 7) is -2.76. The summed E-state index contributed by atoms with van der Waals surface area (Å²) in [5.74, 6) is -1.24. The summed E-state index contributed by atoms with van der Waals surface area (Å²) < 4.78 is 45.3. The van der Waals surface area contributed by atoms with Gasteiger partial charge < -0.3 is 24.3 Å². The van der Waals surface area contributed by atoms with Crippen molar-refractivity contribution >= 4 is 23.6 Å². The number of nitrogens with one attached hydrogen (secondary N) is 1. The van der Waals surface area contributed by atoms with Gasteiger partial charge in [-0.15, -0.1) is 0 Å². The number of ether oxygens (including phenoxy) is 4. The smallest absolute Gasteiger partial charge is 0.387 e. The van der Waals surface area contributed by atoms with E-state index in [1.165, 1.54) is 19.3 Å². The number of alkyl halides is 2. The first kappa shape index (κ1) is 25.2. The number of pyridine rings is 1. The molecule has 2 aromatic carbocycles. The predicted molar refractivity (Wildman–Crippen MR) is 124 cm³/mol. The maximum Gasteiger partial charge on any atom is 0.387 e. The molecule has 0 aliphatic heterocycles. The monoisotopic (exact) mass is 484 g/mol. The molecule has 0 spiro atoms. The highest BCUT2D eigenvalue weighted by atomic mass is 19.3. The zero-order valence-corrected chi connectivity index (χ0v) is 18.9. The fourth-order valence-electron chi connectivity index (χ4n) is 2.96. The lowest BCUT2D eigenvalue weighted by molar-refractivity contribution is -0.111. The average Bonchev–Trinajstić information content (AvgIpc) is 2.87. The van der Waals surface area contributed by atoms with Crippen LogP contribution in [0.5, 0.6) is 17.2 Å². The van der Waals surface area contributed by atoms with Gasteiger partial charge in [-0.1, -0.05) is 18.2 Å². The van der Waals surface area contributed by atoms with Crippen LogP contribution in [0.1, 0.15) is 21.5 Å². The molecule has 0 aliphatic carbocycles. The van der Waals surface area contributed by atoms with Gasteiger partial charge in [-0.25, -0.2) is 4.79 Å². The van der Waals surface area contributed by atoms with E-state index in [0.29, 0.717) is 17.9 Å². The third-order valence-electron chi connectivity index (χ3n) is 4.62. The first-order valence-electron chi connectivity index (χ1n) is 10.3. The van der Waals surface area contributed by atoms with Crippen molar-refractivity contribution in [1.29, 1.82) is 0 Å². The maximum atomic E-state index is 12.7. The lowest BCUT2D eigenvalue weighted by Gasteiger charge is -2.15. The van der Waals surface area contributed by atoms with Crippen LogP contribution in [0.2, 0.25) is 0 Å². The molecule has 3 aromatic rings. The lowest BCUT2D eigenvalue weighted by Crippen LogP contribution is -2.14. The molecule has 0 unspecified atom stereocenters. The summed E-state index contributed by atoms with van der Waals surface area (Å²) in [4.78, 5) is 28.6. The highest BCUT2D eigenvalue weighted by Gasteiger charge is 2.20. The number of hydrogen-bond donors (Lipinski definition) is 1. The van der Waals surface area contributed by atoms with Crippen molar-refractivity contribution in [2.45, 2.75) is 13.2 Å². The SMILES string of the molecule is COC(=O)c1cc(OC)c(OC(F)F)cc1NC(=O)/C=C/c1ccc(OCc2cccnc2)cc1. The topological polar surface area (TPSA) is 96.0 Å². The van der Waals surface area contributed by atoms with E-state index in [4.69, 9.17) is 14.2 Å². The number of esters is 1. The normalized spacial score (nSPS) is 10.8. The van der Waals surface area contributed by atoms with Gasteiger partial charge in [-0.3, -0.25) is 9.78 Å². The van der Waals surface area contributed by atoms with E-state index in [-0.39, 0.29) is 22.7 Å². The van der Waals surface area contributed by atoms with Crippen molar-refractivity contribution in [3.8, 4) is 17.2 Å². The predicted octanol–water partition coefficient (Wildman–Crippen LogP) is 4.71. The molecule has 0 radical (unpaired) electrons. The van der Waals surface area contributed by atoms with Crippen molar-refractivity contribution in [1.82, 2.24) is 4.98 Å². The largest absolute Gasteiger partial charge is 0.493 e. The van der Waals surface area contributed by atoms with Crippen LogP contribution >= 0.6 is 0 Å². The summed E-state index contributed by atoms with van der Waals surface area (Å²) in [7, 11) is 2.37. The molecule has 1 heterocycles. The van der Waals surface area contributed by atoms with E-state index < -0.39 is 18.5 Å². The number of nitrogens with zero attached hydrogens (tertiary/aromatic N) is 1. The number of anilines is 1. The first-order chi connectivity index (χ1) is 16.9. The minimum absolute atomic E-state index is 0.0814. The fourth-order valence-corrected chi connectivity index (χ4v) is 2.96. The molecule has 8 nitrogen and oxygen atoms in total. The van der Waals surface area contributed by atoms with Crippen molar-refractivity contribution in [2.24, 2.45) is 0 Å². The standard InChI is InChI=1S/C25H22F2N2O6/c1-32-21-12-19(24(31)33-2)20(13-22(21)35-25(26)27)29-23(30)10-7-16-5-8-18(9-6-16)34-15-17-4-3-11-28-14-17/h3-14,25H,15H2,1-2H3,(H,29,30)/b10-7+.